The lowest BCUT2D eigenvalue weighted by atomic mass is 10.2. The molecule has 0 saturated heterocycles. The van der Waals surface area contributed by atoms with E-state index >= 15 is 0 Å². The molecule has 108 valence electrons. The Morgan fingerprint density at radius 3 is 1.71 bits per heavy atom. The zero-order valence-corrected chi connectivity index (χ0v) is 11.4. The number of carbonyl (C=O) groups is 1. The zero-order valence-electron chi connectivity index (χ0n) is 11.4. The highest BCUT2D eigenvalue weighted by Gasteiger charge is 2.23. The van der Waals surface area contributed by atoms with Crippen molar-refractivity contribution in [2.75, 3.05) is 4.90 Å². The number of para-hydroxylation sites is 4. The van der Waals surface area contributed by atoms with Gasteiger partial charge in [0.1, 0.15) is 17.2 Å². The summed E-state index contributed by atoms with van der Waals surface area (Å²) in [5.74, 6) is -1.33. The lowest BCUT2D eigenvalue weighted by Crippen LogP contribution is -2.22. The van der Waals surface area contributed by atoms with E-state index in [1.807, 2.05) is 0 Å². The maximum atomic E-state index is 11.5. The Labute approximate surface area is 122 Å². The van der Waals surface area contributed by atoms with Crippen LogP contribution in [0, 0.1) is 0 Å². The number of phenolic OH excluding ortho intramolecular Hbond substituents is 2. The van der Waals surface area contributed by atoms with Gasteiger partial charge in [-0.1, -0.05) is 30.3 Å². The number of anilines is 2. The Kier molecular flexibility index (Phi) is 4.13. The van der Waals surface area contributed by atoms with Gasteiger partial charge in [-0.15, -0.1) is 0 Å². The topological polar surface area (TPSA) is 81.0 Å². The first-order chi connectivity index (χ1) is 10.1. The number of aliphatic carboxylic acids is 1. The van der Waals surface area contributed by atoms with E-state index in [1.165, 1.54) is 23.1 Å². The number of carboxylic acid groups (broad SMARTS) is 1. The minimum absolute atomic E-state index is 0.0713. The minimum Gasteiger partial charge on any atom is -0.506 e. The summed E-state index contributed by atoms with van der Waals surface area (Å²) in [6.07, 6.45) is 1.40. The van der Waals surface area contributed by atoms with Crippen LogP contribution in [0.2, 0.25) is 0 Å². The summed E-state index contributed by atoms with van der Waals surface area (Å²) in [4.78, 5) is 12.8. The summed E-state index contributed by atoms with van der Waals surface area (Å²) < 4.78 is 0. The van der Waals surface area contributed by atoms with E-state index in [-0.39, 0.29) is 28.6 Å². The summed E-state index contributed by atoms with van der Waals surface area (Å²) in [6.45, 7) is 1.58. The maximum absolute atomic E-state index is 11.5. The Hall–Kier alpha value is -2.95. The fourth-order valence-corrected chi connectivity index (χ4v) is 2.04. The molecule has 0 atom stereocenters. The molecule has 5 nitrogen and oxygen atoms in total. The van der Waals surface area contributed by atoms with Crippen LogP contribution < -0.4 is 4.90 Å². The van der Waals surface area contributed by atoms with E-state index in [4.69, 9.17) is 0 Å². The van der Waals surface area contributed by atoms with Crippen molar-refractivity contribution in [1.82, 2.24) is 0 Å². The quantitative estimate of drug-likeness (QED) is 0.751. The molecule has 0 spiro atoms. The lowest BCUT2D eigenvalue weighted by molar-refractivity contribution is -0.132. The van der Waals surface area contributed by atoms with Crippen molar-refractivity contribution in [1.29, 1.82) is 0 Å². The molecule has 2 aromatic rings. The smallest absolute Gasteiger partial charge is 0.352 e. The predicted molar refractivity (Wildman–Crippen MR) is 79.7 cm³/mol. The standard InChI is InChI=1S/C16H15NO4/c1-2-11(16(20)21)17(12-7-3-5-9-14(12)18)13-8-4-6-10-15(13)19/h2-10,18-19H,1H3,(H,20,21). The lowest BCUT2D eigenvalue weighted by Gasteiger charge is -2.26. The second-order valence-electron chi connectivity index (χ2n) is 4.29. The summed E-state index contributed by atoms with van der Waals surface area (Å²) in [7, 11) is 0. The number of phenols is 2. The molecule has 21 heavy (non-hydrogen) atoms. The van der Waals surface area contributed by atoms with Gasteiger partial charge in [0.05, 0.1) is 11.4 Å². The molecular weight excluding hydrogens is 270 g/mol. The molecule has 0 aliphatic carbocycles. The van der Waals surface area contributed by atoms with Crippen LogP contribution in [0.4, 0.5) is 11.4 Å². The third-order valence-electron chi connectivity index (χ3n) is 2.98. The molecule has 2 aromatic carbocycles. The number of aromatic hydroxyl groups is 2. The van der Waals surface area contributed by atoms with Crippen molar-refractivity contribution in [3.05, 3.63) is 60.3 Å². The van der Waals surface area contributed by atoms with Gasteiger partial charge >= 0.3 is 5.97 Å². The highest BCUT2D eigenvalue weighted by atomic mass is 16.4. The average Bonchev–Trinajstić information content (AvgIpc) is 2.46. The summed E-state index contributed by atoms with van der Waals surface area (Å²) in [6, 6.07) is 12.7. The number of rotatable bonds is 4. The predicted octanol–water partition coefficient (Wildman–Crippen LogP) is 3.22. The molecule has 5 heteroatoms. The number of carboxylic acids is 1. The molecule has 0 bridgehead atoms. The van der Waals surface area contributed by atoms with Gasteiger partial charge in [-0.25, -0.2) is 4.79 Å². The fraction of sp³-hybridized carbons (Fsp3) is 0.0625. The van der Waals surface area contributed by atoms with Crippen LogP contribution in [0.3, 0.4) is 0 Å². The van der Waals surface area contributed by atoms with Gasteiger partial charge in [-0.2, -0.15) is 0 Å². The summed E-state index contributed by atoms with van der Waals surface area (Å²) in [5.41, 5.74) is 0.474. The van der Waals surface area contributed by atoms with Crippen molar-refractivity contribution in [2.45, 2.75) is 6.92 Å². The van der Waals surface area contributed by atoms with Crippen LogP contribution in [0.1, 0.15) is 6.92 Å². The van der Waals surface area contributed by atoms with Crippen LogP contribution in [0.5, 0.6) is 11.5 Å². The fourth-order valence-electron chi connectivity index (χ4n) is 2.04. The van der Waals surface area contributed by atoms with Crippen molar-refractivity contribution in [2.24, 2.45) is 0 Å². The Morgan fingerprint density at radius 1 is 0.952 bits per heavy atom. The van der Waals surface area contributed by atoms with Gasteiger partial charge in [0.2, 0.25) is 0 Å². The van der Waals surface area contributed by atoms with Crippen molar-refractivity contribution in [3.8, 4) is 11.5 Å². The van der Waals surface area contributed by atoms with E-state index in [0.717, 1.165) is 0 Å². The molecule has 0 saturated carbocycles. The van der Waals surface area contributed by atoms with Gasteiger partial charge in [-0.3, -0.25) is 4.90 Å². The molecular formula is C16H15NO4. The number of hydrogen-bond acceptors (Lipinski definition) is 4. The van der Waals surface area contributed by atoms with Gasteiger partial charge < -0.3 is 15.3 Å². The highest BCUT2D eigenvalue weighted by Crippen LogP contribution is 2.40. The number of nitrogens with zero attached hydrogens (tertiary/aromatic N) is 1. The molecule has 0 aliphatic rings. The van der Waals surface area contributed by atoms with Gasteiger partial charge in [0.25, 0.3) is 0 Å². The third-order valence-corrected chi connectivity index (χ3v) is 2.98. The first-order valence-electron chi connectivity index (χ1n) is 6.32. The SMILES string of the molecule is CC=C(C(=O)O)N(c1ccccc1O)c1ccccc1O. The van der Waals surface area contributed by atoms with Crippen molar-refractivity contribution in [3.63, 3.8) is 0 Å². The average molecular weight is 285 g/mol. The summed E-state index contributed by atoms with van der Waals surface area (Å²) >= 11 is 0. The van der Waals surface area contributed by atoms with Crippen LogP contribution in [-0.4, -0.2) is 21.3 Å². The molecule has 0 radical (unpaired) electrons. The van der Waals surface area contributed by atoms with E-state index < -0.39 is 5.97 Å². The van der Waals surface area contributed by atoms with E-state index in [1.54, 1.807) is 43.3 Å². The largest absolute Gasteiger partial charge is 0.506 e. The molecule has 0 fully saturated rings. The van der Waals surface area contributed by atoms with Crippen molar-refractivity contribution >= 4 is 17.3 Å². The zero-order chi connectivity index (χ0) is 15.4. The third kappa shape index (κ3) is 2.81. The summed E-state index contributed by atoms with van der Waals surface area (Å²) in [5, 5.41) is 29.4. The first-order valence-corrected chi connectivity index (χ1v) is 6.32. The Morgan fingerprint density at radius 2 is 1.38 bits per heavy atom. The molecule has 0 aliphatic heterocycles. The number of allylic oxidation sites excluding steroid dienone is 1. The Bertz CT molecular complexity index is 649. The van der Waals surface area contributed by atoms with Crippen LogP contribution in [0.25, 0.3) is 0 Å². The van der Waals surface area contributed by atoms with Crippen LogP contribution >= 0.6 is 0 Å². The van der Waals surface area contributed by atoms with E-state index in [0.29, 0.717) is 0 Å². The Balaban J connectivity index is 2.69. The second kappa shape index (κ2) is 6.00. The molecule has 0 aromatic heterocycles. The normalized spacial score (nSPS) is 11.2. The maximum Gasteiger partial charge on any atom is 0.352 e. The van der Waals surface area contributed by atoms with Gasteiger partial charge in [-0.05, 0) is 31.2 Å². The van der Waals surface area contributed by atoms with Crippen LogP contribution in [-0.2, 0) is 4.79 Å². The van der Waals surface area contributed by atoms with Gasteiger partial charge in [0.15, 0.2) is 0 Å². The number of benzene rings is 2. The molecule has 0 heterocycles. The molecule has 0 amide bonds. The first kappa shape index (κ1) is 14.5. The van der Waals surface area contributed by atoms with E-state index in [2.05, 4.69) is 0 Å². The second-order valence-corrected chi connectivity index (χ2v) is 4.29. The number of hydrogen-bond donors (Lipinski definition) is 3. The van der Waals surface area contributed by atoms with Gasteiger partial charge in [0, 0.05) is 0 Å². The highest BCUT2D eigenvalue weighted by molar-refractivity contribution is 5.96. The minimum atomic E-state index is -1.16. The molecule has 0 unspecified atom stereocenters. The molecule has 2 rings (SSSR count). The van der Waals surface area contributed by atoms with Crippen molar-refractivity contribution < 1.29 is 20.1 Å². The van der Waals surface area contributed by atoms with Crippen LogP contribution in [0.15, 0.2) is 60.3 Å². The van der Waals surface area contributed by atoms with E-state index in [9.17, 15) is 20.1 Å². The molecule has 3 N–H and O–H groups in total. The monoisotopic (exact) mass is 285 g/mol.